The number of Topliss-reactive ketones (excluding diaryl/α,β-unsaturated/α-hetero) is 1. The summed E-state index contributed by atoms with van der Waals surface area (Å²) in [5.41, 5.74) is 7.01. The quantitative estimate of drug-likeness (QED) is 0.0358. The molecular weight excluding hydrogens is 649 g/mol. The molecule has 274 valence electrons. The fourth-order valence-electron chi connectivity index (χ4n) is 7.08. The largest absolute Gasteiger partial charge is 0.462 e. The van der Waals surface area contributed by atoms with Gasteiger partial charge >= 0.3 is 5.97 Å². The van der Waals surface area contributed by atoms with Gasteiger partial charge in [-0.05, 0) is 89.8 Å². The first kappa shape index (κ1) is 38.5. The Hall–Kier alpha value is -4.78. The number of nitrogens with zero attached hydrogens (tertiary/aromatic N) is 2. The van der Waals surface area contributed by atoms with Crippen molar-refractivity contribution in [1.29, 1.82) is 0 Å². The summed E-state index contributed by atoms with van der Waals surface area (Å²) in [6, 6.07) is 20.4. The fraction of sp³-hybridized carbons (Fsp3) is 0.422. The van der Waals surface area contributed by atoms with Gasteiger partial charge in [0.25, 0.3) is 0 Å². The van der Waals surface area contributed by atoms with E-state index in [0.717, 1.165) is 115 Å². The second-order valence-electron chi connectivity index (χ2n) is 13.9. The van der Waals surface area contributed by atoms with E-state index in [1.54, 1.807) is 13.8 Å². The van der Waals surface area contributed by atoms with E-state index in [1.165, 1.54) is 6.08 Å². The van der Waals surface area contributed by atoms with Crippen LogP contribution in [-0.4, -0.2) is 50.8 Å². The van der Waals surface area contributed by atoms with E-state index in [1.807, 2.05) is 24.3 Å². The van der Waals surface area contributed by atoms with Crippen LogP contribution in [0, 0.1) is 0 Å². The number of anilines is 1. The van der Waals surface area contributed by atoms with E-state index < -0.39 is 0 Å². The number of benzene rings is 3. The lowest BCUT2D eigenvalue weighted by molar-refractivity contribution is -0.116. The number of fused-ring (bicyclic) bond motifs is 2. The summed E-state index contributed by atoms with van der Waals surface area (Å²) < 4.78 is 14.7. The maximum Gasteiger partial charge on any atom is 0.338 e. The molecule has 0 radical (unpaired) electrons. The topological polar surface area (TPSA) is 79.8 Å². The standard InChI is InChI=1S/C45H55N2O5/c1-7-46(6)34-23-25-38-41(29-34)52-42-30-35(47(8-2)9-3)24-26-39(42)43(38)36-21-17-18-22-37(36)45(50)51-27-19-15-13-11-10-12-14-16-20-33-28-40(48)31(4)32(5)44(33)49/h17-18,21-26,28-30H,7-16,19-20,27H2,1-6H3/q+1. The van der Waals surface area contributed by atoms with Crippen LogP contribution in [0.5, 0.6) is 0 Å². The first-order valence-electron chi connectivity index (χ1n) is 19.2. The molecule has 2 aromatic rings. The van der Waals surface area contributed by atoms with Crippen LogP contribution in [0.3, 0.4) is 0 Å². The average Bonchev–Trinajstić information content (AvgIpc) is 3.16. The van der Waals surface area contributed by atoms with Gasteiger partial charge in [-0.1, -0.05) is 56.7 Å². The van der Waals surface area contributed by atoms with Gasteiger partial charge in [-0.25, -0.2) is 9.37 Å². The summed E-state index contributed by atoms with van der Waals surface area (Å²) in [6.45, 7) is 13.0. The van der Waals surface area contributed by atoms with E-state index in [9.17, 15) is 14.4 Å². The van der Waals surface area contributed by atoms with Crippen molar-refractivity contribution in [3.05, 3.63) is 94.4 Å². The van der Waals surface area contributed by atoms with Crippen LogP contribution in [-0.2, 0) is 14.3 Å². The molecule has 52 heavy (non-hydrogen) atoms. The number of ketones is 2. The van der Waals surface area contributed by atoms with Crippen molar-refractivity contribution in [3.8, 4) is 22.5 Å². The van der Waals surface area contributed by atoms with Crippen LogP contribution in [0.1, 0.15) is 103 Å². The lowest BCUT2D eigenvalue weighted by Gasteiger charge is -2.22. The van der Waals surface area contributed by atoms with Crippen molar-refractivity contribution in [2.75, 3.05) is 38.2 Å². The van der Waals surface area contributed by atoms with Crippen molar-refractivity contribution in [2.24, 2.45) is 0 Å². The Morgan fingerprint density at radius 1 is 0.788 bits per heavy atom. The van der Waals surface area contributed by atoms with Crippen LogP contribution in [0.15, 0.2) is 87.9 Å². The zero-order valence-corrected chi connectivity index (χ0v) is 32.0. The molecule has 0 fully saturated rings. The molecule has 0 aromatic heterocycles. The molecule has 0 amide bonds. The maximum absolute atomic E-state index is 13.6. The van der Waals surface area contributed by atoms with Crippen LogP contribution in [0.2, 0.25) is 0 Å². The Bertz CT molecular complexity index is 2030. The number of carbonyl (C=O) groups is 3. The smallest absolute Gasteiger partial charge is 0.338 e. The minimum atomic E-state index is -0.311. The first-order valence-corrected chi connectivity index (χ1v) is 19.2. The second-order valence-corrected chi connectivity index (χ2v) is 13.9. The third-order valence-corrected chi connectivity index (χ3v) is 10.6. The van der Waals surface area contributed by atoms with Crippen molar-refractivity contribution in [3.63, 3.8) is 0 Å². The number of esters is 1. The highest BCUT2D eigenvalue weighted by Crippen LogP contribution is 2.42. The molecule has 1 aliphatic heterocycles. The minimum Gasteiger partial charge on any atom is -0.462 e. The third-order valence-electron chi connectivity index (χ3n) is 10.6. The SMILES string of the molecule is CCN(CC)c1ccc2c(-c3ccccc3C(=O)OCCCCCCCCCCC3=CC(=O)C(C)=C(C)C3=O)c3ccc(=[N+](C)CC)cc-3oc2c1. The highest BCUT2D eigenvalue weighted by atomic mass is 16.5. The lowest BCUT2D eigenvalue weighted by Crippen LogP contribution is -2.25. The first-order chi connectivity index (χ1) is 25.2. The summed E-state index contributed by atoms with van der Waals surface area (Å²) in [5, 5.41) is 2.03. The van der Waals surface area contributed by atoms with Gasteiger partial charge < -0.3 is 14.1 Å². The maximum atomic E-state index is 13.6. The van der Waals surface area contributed by atoms with Crippen LogP contribution < -0.4 is 14.8 Å². The fourth-order valence-corrected chi connectivity index (χ4v) is 7.08. The molecule has 0 unspecified atom stereocenters. The van der Waals surface area contributed by atoms with E-state index >= 15 is 0 Å². The molecule has 5 rings (SSSR count). The van der Waals surface area contributed by atoms with E-state index in [0.29, 0.717) is 35.3 Å². The zero-order valence-electron chi connectivity index (χ0n) is 32.0. The Kier molecular flexibility index (Phi) is 13.4. The van der Waals surface area contributed by atoms with Crippen LogP contribution in [0.25, 0.3) is 33.4 Å². The van der Waals surface area contributed by atoms with Crippen molar-refractivity contribution in [1.82, 2.24) is 4.58 Å². The monoisotopic (exact) mass is 703 g/mol. The van der Waals surface area contributed by atoms with Gasteiger partial charge in [-0.15, -0.1) is 0 Å². The molecule has 0 bridgehead atoms. The van der Waals surface area contributed by atoms with Crippen molar-refractivity contribution >= 4 is 34.2 Å². The Morgan fingerprint density at radius 2 is 1.48 bits per heavy atom. The highest BCUT2D eigenvalue weighted by molar-refractivity contribution is 6.22. The van der Waals surface area contributed by atoms with Crippen molar-refractivity contribution < 1.29 is 23.5 Å². The second kappa shape index (κ2) is 18.1. The third kappa shape index (κ3) is 8.80. The summed E-state index contributed by atoms with van der Waals surface area (Å²) in [4.78, 5) is 40.4. The molecule has 0 saturated heterocycles. The molecule has 7 heteroatoms. The van der Waals surface area contributed by atoms with Gasteiger partial charge in [0.05, 0.1) is 18.2 Å². The summed E-state index contributed by atoms with van der Waals surface area (Å²) in [6.07, 6.45) is 10.5. The molecule has 1 heterocycles. The minimum absolute atomic E-state index is 0.0258. The number of allylic oxidation sites excluding steroid dienone is 4. The molecule has 0 saturated carbocycles. The van der Waals surface area contributed by atoms with E-state index in [-0.39, 0.29) is 17.5 Å². The molecule has 0 spiro atoms. The summed E-state index contributed by atoms with van der Waals surface area (Å²) in [5.74, 6) is 0.457. The van der Waals surface area contributed by atoms with Gasteiger partial charge in [-0.2, -0.15) is 0 Å². The highest BCUT2D eigenvalue weighted by Gasteiger charge is 2.24. The van der Waals surface area contributed by atoms with Crippen LogP contribution >= 0.6 is 0 Å². The number of unbranched alkanes of at least 4 members (excludes halogenated alkanes) is 7. The Labute approximate surface area is 309 Å². The number of rotatable bonds is 17. The van der Waals surface area contributed by atoms with Gasteiger partial charge in [-0.3, -0.25) is 9.59 Å². The van der Waals surface area contributed by atoms with Gasteiger partial charge in [0.2, 0.25) is 5.36 Å². The van der Waals surface area contributed by atoms with E-state index in [4.69, 9.17) is 9.15 Å². The van der Waals surface area contributed by atoms with Gasteiger partial charge in [0.15, 0.2) is 11.6 Å². The van der Waals surface area contributed by atoms with Gasteiger partial charge in [0, 0.05) is 64.1 Å². The molecular formula is C45H55N2O5+. The normalized spacial score (nSPS) is 13.9. The van der Waals surface area contributed by atoms with Crippen molar-refractivity contribution in [2.45, 2.75) is 92.4 Å². The predicted molar refractivity (Wildman–Crippen MR) is 212 cm³/mol. The number of hydrogen-bond donors (Lipinski definition) is 0. The average molecular weight is 704 g/mol. The Balaban J connectivity index is 1.20. The predicted octanol–water partition coefficient (Wildman–Crippen LogP) is 9.55. The van der Waals surface area contributed by atoms with Crippen LogP contribution in [0.4, 0.5) is 5.69 Å². The summed E-state index contributed by atoms with van der Waals surface area (Å²) in [7, 11) is 2.07. The molecule has 0 atom stereocenters. The number of carbonyl (C=O) groups excluding carboxylic acids is 3. The summed E-state index contributed by atoms with van der Waals surface area (Å²) >= 11 is 0. The molecule has 2 aliphatic carbocycles. The molecule has 3 aliphatic rings. The van der Waals surface area contributed by atoms with Gasteiger partial charge in [0.1, 0.15) is 24.9 Å². The number of ether oxygens (including phenoxy) is 1. The van der Waals surface area contributed by atoms with E-state index in [2.05, 4.69) is 73.7 Å². The lowest BCUT2D eigenvalue weighted by atomic mass is 9.88. The molecule has 7 nitrogen and oxygen atoms in total. The molecule has 0 N–H and O–H groups in total. The zero-order chi connectivity index (χ0) is 37.2. The number of hydrogen-bond acceptors (Lipinski definition) is 6. The Morgan fingerprint density at radius 3 is 2.19 bits per heavy atom. The molecule has 2 aromatic carbocycles.